The fourth-order valence-electron chi connectivity index (χ4n) is 4.59. The maximum atomic E-state index is 13.2. The van der Waals surface area contributed by atoms with Crippen molar-refractivity contribution in [3.05, 3.63) is 59.7 Å². The lowest BCUT2D eigenvalue weighted by molar-refractivity contribution is -0.159. The van der Waals surface area contributed by atoms with Gasteiger partial charge in [-0.2, -0.15) is 0 Å². The lowest BCUT2D eigenvalue weighted by atomic mass is 9.91. The van der Waals surface area contributed by atoms with E-state index in [-0.39, 0.29) is 37.4 Å². The first-order valence-electron chi connectivity index (χ1n) is 11.7. The van der Waals surface area contributed by atoms with Crippen molar-refractivity contribution in [2.45, 2.75) is 46.1 Å². The summed E-state index contributed by atoms with van der Waals surface area (Å²) in [6.07, 6.45) is -0.596. The molecule has 0 spiro atoms. The average molecular weight is 467 g/mol. The summed E-state index contributed by atoms with van der Waals surface area (Å²) in [5, 5.41) is 12.3. The van der Waals surface area contributed by atoms with Crippen molar-refractivity contribution in [3.63, 3.8) is 0 Å². The molecule has 1 atom stereocenters. The van der Waals surface area contributed by atoms with E-state index >= 15 is 0 Å². The normalized spacial score (nSPS) is 13.7. The van der Waals surface area contributed by atoms with Crippen LogP contribution >= 0.6 is 0 Å². The number of nitrogens with zero attached hydrogens (tertiary/aromatic N) is 1. The van der Waals surface area contributed by atoms with Crippen LogP contribution in [0.5, 0.6) is 0 Å². The zero-order valence-corrected chi connectivity index (χ0v) is 20.5. The molecule has 0 fully saturated rings. The average Bonchev–Trinajstić information content (AvgIpc) is 3.11. The van der Waals surface area contributed by atoms with Gasteiger partial charge in [0.25, 0.3) is 0 Å². The molecule has 0 radical (unpaired) electrons. The number of fused-ring (bicyclic) bond motifs is 3. The largest absolute Gasteiger partial charge is 0.480 e. The van der Waals surface area contributed by atoms with Crippen LogP contribution in [0.2, 0.25) is 0 Å². The third-order valence-corrected chi connectivity index (χ3v) is 6.71. The Morgan fingerprint density at radius 3 is 2.03 bits per heavy atom. The molecule has 2 N–H and O–H groups in total. The van der Waals surface area contributed by atoms with Gasteiger partial charge in [-0.25, -0.2) is 9.59 Å². The van der Waals surface area contributed by atoms with Crippen LogP contribution in [0.1, 0.15) is 51.7 Å². The van der Waals surface area contributed by atoms with Gasteiger partial charge in [-0.3, -0.25) is 4.79 Å². The van der Waals surface area contributed by atoms with E-state index in [1.807, 2.05) is 38.1 Å². The second-order valence-corrected chi connectivity index (χ2v) is 9.50. The molecular formula is C27H34N2O5. The number of hydrogen-bond donors (Lipinski definition) is 2. The number of aliphatic carboxylic acids is 1. The zero-order valence-electron chi connectivity index (χ0n) is 20.5. The fraction of sp³-hybridized carbons (Fsp3) is 0.444. The number of amides is 2. The lowest BCUT2D eigenvalue weighted by Crippen LogP contribution is -2.56. The molecule has 1 aliphatic rings. The minimum absolute atomic E-state index is 0.0485. The van der Waals surface area contributed by atoms with Crippen LogP contribution in [0.25, 0.3) is 11.1 Å². The quantitative estimate of drug-likeness (QED) is 0.567. The SMILES string of the molecule is CCN(C(=O)C(CNC(=O)OCC1c2ccccc2-c2ccccc21)C(C)C)C(C)(C)C(=O)O. The van der Waals surface area contributed by atoms with Gasteiger partial charge in [0.15, 0.2) is 0 Å². The number of carbonyl (C=O) groups is 3. The molecule has 0 aliphatic heterocycles. The minimum Gasteiger partial charge on any atom is -0.480 e. The van der Waals surface area contributed by atoms with E-state index in [4.69, 9.17) is 4.74 Å². The maximum Gasteiger partial charge on any atom is 0.407 e. The van der Waals surface area contributed by atoms with Gasteiger partial charge in [0.05, 0.1) is 5.92 Å². The zero-order chi connectivity index (χ0) is 25.0. The third kappa shape index (κ3) is 4.93. The van der Waals surface area contributed by atoms with Crippen LogP contribution in [0.15, 0.2) is 48.5 Å². The summed E-state index contributed by atoms with van der Waals surface area (Å²) in [5.41, 5.74) is 3.21. The van der Waals surface area contributed by atoms with Gasteiger partial charge in [0.1, 0.15) is 12.1 Å². The van der Waals surface area contributed by atoms with Crippen molar-refractivity contribution in [2.24, 2.45) is 11.8 Å². The first-order valence-corrected chi connectivity index (χ1v) is 11.7. The van der Waals surface area contributed by atoms with Gasteiger partial charge < -0.3 is 20.1 Å². The Morgan fingerprint density at radius 1 is 1.03 bits per heavy atom. The Labute approximate surface area is 201 Å². The Morgan fingerprint density at radius 2 is 1.56 bits per heavy atom. The van der Waals surface area contributed by atoms with E-state index in [1.54, 1.807) is 6.92 Å². The number of nitrogens with one attached hydrogen (secondary N) is 1. The van der Waals surface area contributed by atoms with Crippen LogP contribution in [0, 0.1) is 11.8 Å². The summed E-state index contributed by atoms with van der Waals surface area (Å²) in [6, 6.07) is 16.2. The van der Waals surface area contributed by atoms with E-state index in [2.05, 4.69) is 29.6 Å². The van der Waals surface area contributed by atoms with Gasteiger partial charge in [0, 0.05) is 19.0 Å². The Bertz CT molecular complexity index is 1020. The highest BCUT2D eigenvalue weighted by Gasteiger charge is 2.40. The molecule has 182 valence electrons. The van der Waals surface area contributed by atoms with Crippen LogP contribution in [-0.2, 0) is 14.3 Å². The summed E-state index contributed by atoms with van der Waals surface area (Å²) in [4.78, 5) is 38.8. The van der Waals surface area contributed by atoms with Crippen molar-refractivity contribution in [3.8, 4) is 11.1 Å². The molecule has 1 unspecified atom stereocenters. The van der Waals surface area contributed by atoms with Gasteiger partial charge in [-0.05, 0) is 48.9 Å². The van der Waals surface area contributed by atoms with E-state index in [1.165, 1.54) is 18.7 Å². The van der Waals surface area contributed by atoms with Gasteiger partial charge in [0.2, 0.25) is 5.91 Å². The molecule has 0 aromatic heterocycles. The molecule has 7 heteroatoms. The summed E-state index contributed by atoms with van der Waals surface area (Å²) in [7, 11) is 0. The topological polar surface area (TPSA) is 95.9 Å². The molecular weight excluding hydrogens is 432 g/mol. The molecule has 3 rings (SSSR count). The number of benzene rings is 2. The minimum atomic E-state index is -1.34. The van der Waals surface area contributed by atoms with Crippen LogP contribution < -0.4 is 5.32 Å². The highest BCUT2D eigenvalue weighted by molar-refractivity contribution is 5.88. The summed E-state index contributed by atoms with van der Waals surface area (Å²) >= 11 is 0. The van der Waals surface area contributed by atoms with E-state index in [0.29, 0.717) is 0 Å². The fourth-order valence-corrected chi connectivity index (χ4v) is 4.59. The maximum absolute atomic E-state index is 13.2. The number of rotatable bonds is 9. The predicted molar refractivity (Wildman–Crippen MR) is 131 cm³/mol. The molecule has 7 nitrogen and oxygen atoms in total. The second-order valence-electron chi connectivity index (χ2n) is 9.50. The molecule has 34 heavy (non-hydrogen) atoms. The smallest absolute Gasteiger partial charge is 0.407 e. The molecule has 2 aromatic carbocycles. The lowest BCUT2D eigenvalue weighted by Gasteiger charge is -2.37. The van der Waals surface area contributed by atoms with E-state index in [0.717, 1.165) is 22.3 Å². The number of likely N-dealkylation sites (N-methyl/N-ethyl adjacent to an activating group) is 1. The van der Waals surface area contributed by atoms with Crippen molar-refractivity contribution in [1.82, 2.24) is 10.2 Å². The molecule has 0 saturated heterocycles. The Balaban J connectivity index is 1.65. The second kappa shape index (κ2) is 10.3. The van der Waals surface area contributed by atoms with E-state index < -0.39 is 23.5 Å². The van der Waals surface area contributed by atoms with Crippen LogP contribution in [-0.4, -0.2) is 53.2 Å². The molecule has 2 aromatic rings. The number of alkyl carbamates (subject to hydrolysis) is 1. The standard InChI is InChI=1S/C27H34N2O5/c1-6-29(27(4,5)25(31)32)24(30)22(17(2)3)15-28-26(33)34-16-23-20-13-9-7-11-18(20)19-12-8-10-14-21(19)23/h7-14,17,22-23H,6,15-16H2,1-5H3,(H,28,33)(H,31,32). The van der Waals surface area contributed by atoms with Crippen molar-refractivity contribution < 1.29 is 24.2 Å². The first kappa shape index (κ1) is 25.3. The van der Waals surface area contributed by atoms with Gasteiger partial charge in [-0.1, -0.05) is 62.4 Å². The van der Waals surface area contributed by atoms with Crippen LogP contribution in [0.4, 0.5) is 4.79 Å². The monoisotopic (exact) mass is 466 g/mol. The third-order valence-electron chi connectivity index (χ3n) is 6.71. The van der Waals surface area contributed by atoms with Crippen LogP contribution in [0.3, 0.4) is 0 Å². The number of carboxylic acid groups (broad SMARTS) is 1. The highest BCUT2D eigenvalue weighted by Crippen LogP contribution is 2.44. The van der Waals surface area contributed by atoms with Gasteiger partial charge in [-0.15, -0.1) is 0 Å². The number of carboxylic acids is 1. The van der Waals surface area contributed by atoms with Crippen molar-refractivity contribution in [1.29, 1.82) is 0 Å². The number of hydrogen-bond acceptors (Lipinski definition) is 4. The molecule has 0 saturated carbocycles. The summed E-state index contributed by atoms with van der Waals surface area (Å²) in [5.74, 6) is -2.09. The molecule has 1 aliphatic carbocycles. The number of ether oxygens (including phenoxy) is 1. The van der Waals surface area contributed by atoms with Crippen molar-refractivity contribution >= 4 is 18.0 Å². The summed E-state index contributed by atoms with van der Waals surface area (Å²) < 4.78 is 5.57. The predicted octanol–water partition coefficient (Wildman–Crippen LogP) is 4.51. The van der Waals surface area contributed by atoms with Gasteiger partial charge >= 0.3 is 12.1 Å². The Hall–Kier alpha value is -3.35. The number of carbonyl (C=O) groups excluding carboxylic acids is 2. The molecule has 0 bridgehead atoms. The van der Waals surface area contributed by atoms with E-state index in [9.17, 15) is 19.5 Å². The highest BCUT2D eigenvalue weighted by atomic mass is 16.5. The Kier molecular flexibility index (Phi) is 7.64. The van der Waals surface area contributed by atoms with Crippen molar-refractivity contribution in [2.75, 3.05) is 19.7 Å². The molecule has 0 heterocycles. The first-order chi connectivity index (χ1) is 16.1. The molecule has 2 amide bonds. The summed E-state index contributed by atoms with van der Waals surface area (Å²) in [6.45, 7) is 9.03.